The number of benzene rings is 1. The maximum atomic E-state index is 12.7. The molecule has 0 radical (unpaired) electrons. The lowest BCUT2D eigenvalue weighted by Crippen LogP contribution is -2.03. The molecule has 27 heavy (non-hydrogen) atoms. The summed E-state index contributed by atoms with van der Waals surface area (Å²) in [6, 6.07) is 3.90. The smallest absolute Gasteiger partial charge is 0.165 e. The second-order valence-corrected chi connectivity index (χ2v) is 7.28. The minimum Gasteiger partial charge on any atom is -0.493 e. The molecule has 0 amide bonds. The molecule has 0 aliphatic rings. The Morgan fingerprint density at radius 1 is 1.11 bits per heavy atom. The third kappa shape index (κ3) is 10.4. The molecule has 0 unspecified atom stereocenters. The second kappa shape index (κ2) is 13.6. The van der Waals surface area contributed by atoms with Gasteiger partial charge in [0.25, 0.3) is 0 Å². The minimum absolute atomic E-state index is 0.187. The zero-order valence-electron chi connectivity index (χ0n) is 16.8. The van der Waals surface area contributed by atoms with Crippen molar-refractivity contribution in [3.05, 3.63) is 34.1 Å². The normalized spacial score (nSPS) is 11.3. The first kappa shape index (κ1) is 23.5. The molecule has 0 fully saturated rings. The second-order valence-electron chi connectivity index (χ2n) is 6.52. The molecule has 0 bridgehead atoms. The standard InChI is InChI=1S/C21H31BrFNO3/c1-5-18-15-19(25-13-10-20(22)23)14-17(4)21(18)26-11-8-6-7-9-12-27-24-16(2)3/h10,14-15H,5-9,11-13H2,1-4H3/b20-10-. The number of oxime groups is 1. The number of halogens is 2. The first-order valence-electron chi connectivity index (χ1n) is 9.47. The summed E-state index contributed by atoms with van der Waals surface area (Å²) in [5.74, 6) is 1.66. The first-order valence-corrected chi connectivity index (χ1v) is 10.3. The number of nitrogens with zero attached hydrogens (tertiary/aromatic N) is 1. The lowest BCUT2D eigenvalue weighted by molar-refractivity contribution is 0.139. The Balaban J connectivity index is 2.39. The molecule has 0 atom stereocenters. The quantitative estimate of drug-likeness (QED) is 0.198. The van der Waals surface area contributed by atoms with Crippen LogP contribution in [0.4, 0.5) is 4.39 Å². The highest BCUT2D eigenvalue weighted by Gasteiger charge is 2.09. The van der Waals surface area contributed by atoms with Gasteiger partial charge in [0.15, 0.2) is 4.74 Å². The Hall–Kier alpha value is -1.56. The van der Waals surface area contributed by atoms with Crippen LogP contribution in [0.15, 0.2) is 28.1 Å². The Morgan fingerprint density at radius 3 is 2.44 bits per heavy atom. The SMILES string of the molecule is CCc1cc(OC/C=C(\F)Br)cc(C)c1OCCCCCCON=C(C)C. The van der Waals surface area contributed by atoms with Gasteiger partial charge in [0.05, 0.1) is 12.3 Å². The van der Waals surface area contributed by atoms with Crippen LogP contribution in [-0.4, -0.2) is 25.5 Å². The van der Waals surface area contributed by atoms with Crippen LogP contribution in [0, 0.1) is 6.92 Å². The number of hydrogen-bond acceptors (Lipinski definition) is 4. The van der Waals surface area contributed by atoms with Crippen LogP contribution in [0.5, 0.6) is 11.5 Å². The van der Waals surface area contributed by atoms with E-state index >= 15 is 0 Å². The molecule has 152 valence electrons. The van der Waals surface area contributed by atoms with Crippen LogP contribution in [0.25, 0.3) is 0 Å². The fourth-order valence-corrected chi connectivity index (χ4v) is 2.67. The van der Waals surface area contributed by atoms with Crippen LogP contribution in [0.2, 0.25) is 0 Å². The maximum Gasteiger partial charge on any atom is 0.165 e. The molecular weight excluding hydrogens is 413 g/mol. The van der Waals surface area contributed by atoms with Crippen LogP contribution in [0.3, 0.4) is 0 Å². The molecule has 0 heterocycles. The predicted molar refractivity (Wildman–Crippen MR) is 113 cm³/mol. The highest BCUT2D eigenvalue weighted by molar-refractivity contribution is 9.11. The highest BCUT2D eigenvalue weighted by Crippen LogP contribution is 2.30. The van der Waals surface area contributed by atoms with Gasteiger partial charge in [-0.25, -0.2) is 0 Å². The Morgan fingerprint density at radius 2 is 1.81 bits per heavy atom. The molecule has 0 aliphatic carbocycles. The molecule has 1 aromatic carbocycles. The van der Waals surface area contributed by atoms with Crippen molar-refractivity contribution in [1.82, 2.24) is 0 Å². The van der Waals surface area contributed by atoms with Gasteiger partial charge in [-0.2, -0.15) is 4.39 Å². The van der Waals surface area contributed by atoms with E-state index in [-0.39, 0.29) is 6.61 Å². The van der Waals surface area contributed by atoms with E-state index in [2.05, 4.69) is 28.0 Å². The summed E-state index contributed by atoms with van der Waals surface area (Å²) in [4.78, 5) is 5.19. The van der Waals surface area contributed by atoms with Crippen molar-refractivity contribution in [3.8, 4) is 11.5 Å². The van der Waals surface area contributed by atoms with E-state index in [9.17, 15) is 4.39 Å². The van der Waals surface area contributed by atoms with E-state index in [4.69, 9.17) is 14.3 Å². The largest absolute Gasteiger partial charge is 0.493 e. The summed E-state index contributed by atoms with van der Waals surface area (Å²) in [7, 11) is 0. The Labute approximate surface area is 170 Å². The first-order chi connectivity index (χ1) is 12.9. The molecular formula is C21H31BrFNO3. The molecule has 0 aromatic heterocycles. The van der Waals surface area contributed by atoms with E-state index in [1.54, 1.807) is 0 Å². The van der Waals surface area contributed by atoms with Crippen molar-refractivity contribution in [2.75, 3.05) is 19.8 Å². The van der Waals surface area contributed by atoms with Crippen molar-refractivity contribution >= 4 is 21.6 Å². The molecule has 1 aromatic rings. The molecule has 4 nitrogen and oxygen atoms in total. The van der Waals surface area contributed by atoms with Gasteiger partial charge in [0.1, 0.15) is 24.7 Å². The summed E-state index contributed by atoms with van der Waals surface area (Å²) in [5.41, 5.74) is 3.08. The van der Waals surface area contributed by atoms with Crippen LogP contribution in [0.1, 0.15) is 57.6 Å². The molecule has 6 heteroatoms. The van der Waals surface area contributed by atoms with Gasteiger partial charge in [-0.15, -0.1) is 0 Å². The predicted octanol–water partition coefficient (Wildman–Crippen LogP) is 6.49. The van der Waals surface area contributed by atoms with Crippen molar-refractivity contribution < 1.29 is 18.7 Å². The average molecular weight is 444 g/mol. The maximum absolute atomic E-state index is 12.7. The van der Waals surface area contributed by atoms with Crippen molar-refractivity contribution in [2.24, 2.45) is 5.16 Å². The van der Waals surface area contributed by atoms with Gasteiger partial charge < -0.3 is 14.3 Å². The van der Waals surface area contributed by atoms with Gasteiger partial charge in [-0.3, -0.25) is 0 Å². The molecule has 0 spiro atoms. The molecule has 0 aliphatic heterocycles. The molecule has 0 saturated heterocycles. The number of aryl methyl sites for hydroxylation is 2. The number of unbranched alkanes of at least 4 members (excludes halogenated alkanes) is 3. The van der Waals surface area contributed by atoms with E-state index in [1.807, 2.05) is 32.9 Å². The monoisotopic (exact) mass is 443 g/mol. The summed E-state index contributed by atoms with van der Waals surface area (Å²) >= 11 is 2.75. The molecule has 0 saturated carbocycles. The fraction of sp³-hybridized carbons (Fsp3) is 0.571. The number of hydrogen-bond donors (Lipinski definition) is 0. The Bertz CT molecular complexity index is 624. The van der Waals surface area contributed by atoms with Crippen molar-refractivity contribution in [2.45, 2.75) is 59.8 Å². The van der Waals surface area contributed by atoms with Gasteiger partial charge in [-0.1, -0.05) is 12.1 Å². The minimum atomic E-state index is -0.422. The third-order valence-electron chi connectivity index (χ3n) is 3.82. The molecule has 1 rings (SSSR count). The van der Waals surface area contributed by atoms with Crippen LogP contribution < -0.4 is 9.47 Å². The Kier molecular flexibility index (Phi) is 11.8. The number of rotatable bonds is 13. The lowest BCUT2D eigenvalue weighted by Gasteiger charge is -2.15. The van der Waals surface area contributed by atoms with Gasteiger partial charge in [0.2, 0.25) is 0 Å². The number of ether oxygens (including phenoxy) is 2. The van der Waals surface area contributed by atoms with E-state index in [0.717, 1.165) is 60.4 Å². The van der Waals surface area contributed by atoms with Crippen molar-refractivity contribution in [1.29, 1.82) is 0 Å². The average Bonchev–Trinajstić information content (AvgIpc) is 2.60. The van der Waals surface area contributed by atoms with Gasteiger partial charge in [-0.05, 0) is 98.1 Å². The topological polar surface area (TPSA) is 40.0 Å². The lowest BCUT2D eigenvalue weighted by atomic mass is 10.1. The van der Waals surface area contributed by atoms with Crippen molar-refractivity contribution in [3.63, 3.8) is 0 Å². The van der Waals surface area contributed by atoms with Gasteiger partial charge in [0, 0.05) is 0 Å². The fourth-order valence-electron chi connectivity index (χ4n) is 2.54. The van der Waals surface area contributed by atoms with E-state index in [0.29, 0.717) is 13.2 Å². The third-order valence-corrected chi connectivity index (χ3v) is 4.14. The summed E-state index contributed by atoms with van der Waals surface area (Å²) in [6.45, 7) is 9.48. The van der Waals surface area contributed by atoms with Crippen LogP contribution in [-0.2, 0) is 11.3 Å². The van der Waals surface area contributed by atoms with Gasteiger partial charge >= 0.3 is 0 Å². The molecule has 0 N–H and O–H groups in total. The zero-order valence-corrected chi connectivity index (χ0v) is 18.4. The summed E-state index contributed by atoms with van der Waals surface area (Å²) in [6.07, 6.45) is 6.41. The van der Waals surface area contributed by atoms with E-state index < -0.39 is 4.74 Å². The highest BCUT2D eigenvalue weighted by atomic mass is 79.9. The summed E-state index contributed by atoms with van der Waals surface area (Å²) in [5, 5.41) is 3.92. The van der Waals surface area contributed by atoms with Crippen LogP contribution >= 0.6 is 15.9 Å². The summed E-state index contributed by atoms with van der Waals surface area (Å²) < 4.78 is 23.9. The zero-order chi connectivity index (χ0) is 20.1. The van der Waals surface area contributed by atoms with E-state index in [1.165, 1.54) is 6.08 Å².